The number of rotatable bonds is 5. The number of aromatic nitrogens is 5. The van der Waals surface area contributed by atoms with Crippen LogP contribution in [-0.2, 0) is 15.6 Å². The van der Waals surface area contributed by atoms with Crippen LogP contribution in [0.5, 0.6) is 0 Å². The van der Waals surface area contributed by atoms with Gasteiger partial charge in [-0.05, 0) is 46.8 Å². The molecule has 2 aromatic heterocycles. The van der Waals surface area contributed by atoms with Gasteiger partial charge in [-0.25, -0.2) is 13.4 Å². The van der Waals surface area contributed by atoms with Crippen molar-refractivity contribution in [2.45, 2.75) is 15.9 Å². The second-order valence-electron chi connectivity index (χ2n) is 5.51. The molecule has 0 radical (unpaired) electrons. The first-order valence-corrected chi connectivity index (χ1v) is 10.4. The van der Waals surface area contributed by atoms with Crippen molar-refractivity contribution in [3.05, 3.63) is 54.4 Å². The van der Waals surface area contributed by atoms with E-state index in [1.54, 1.807) is 16.8 Å². The van der Waals surface area contributed by atoms with Crippen LogP contribution in [0.25, 0.3) is 16.8 Å². The minimum absolute atomic E-state index is 0.247. The van der Waals surface area contributed by atoms with E-state index in [0.717, 1.165) is 11.1 Å². The second-order valence-corrected chi connectivity index (χ2v) is 8.45. The first-order valence-electron chi connectivity index (χ1n) is 7.57. The molecular weight excluding hydrogens is 374 g/mol. The molecule has 8 nitrogen and oxygen atoms in total. The molecule has 0 unspecified atom stereocenters. The summed E-state index contributed by atoms with van der Waals surface area (Å²) >= 11 is 1.38. The van der Waals surface area contributed by atoms with Gasteiger partial charge in [-0.2, -0.15) is 4.68 Å². The zero-order valence-electron chi connectivity index (χ0n) is 13.6. The van der Waals surface area contributed by atoms with E-state index in [1.165, 1.54) is 30.2 Å². The van der Waals surface area contributed by atoms with Crippen molar-refractivity contribution in [1.29, 1.82) is 0 Å². The summed E-state index contributed by atoms with van der Waals surface area (Å²) in [7, 11) is -3.24. The first-order chi connectivity index (χ1) is 12.5. The monoisotopic (exact) mass is 387 g/mol. The van der Waals surface area contributed by atoms with Gasteiger partial charge < -0.3 is 4.42 Å². The molecule has 0 aliphatic carbocycles. The van der Waals surface area contributed by atoms with E-state index in [4.69, 9.17) is 4.42 Å². The van der Waals surface area contributed by atoms with Crippen molar-refractivity contribution in [2.75, 3.05) is 6.26 Å². The molecule has 4 aromatic rings. The lowest BCUT2D eigenvalue weighted by Crippen LogP contribution is -2.03. The number of fused-ring (bicyclic) bond motifs is 1. The van der Waals surface area contributed by atoms with Gasteiger partial charge in [-0.15, -0.1) is 5.10 Å². The number of oxazole rings is 1. The Kier molecular flexibility index (Phi) is 4.21. The average molecular weight is 387 g/mol. The Morgan fingerprint density at radius 3 is 2.62 bits per heavy atom. The number of nitrogens with zero attached hydrogens (tertiary/aromatic N) is 5. The summed E-state index contributed by atoms with van der Waals surface area (Å²) in [5.74, 6) is 1.05. The van der Waals surface area contributed by atoms with Gasteiger partial charge >= 0.3 is 0 Å². The van der Waals surface area contributed by atoms with Crippen molar-refractivity contribution in [3.8, 4) is 5.69 Å². The summed E-state index contributed by atoms with van der Waals surface area (Å²) in [6.45, 7) is 0. The molecule has 0 atom stereocenters. The third-order valence-electron chi connectivity index (χ3n) is 3.64. The van der Waals surface area contributed by atoms with Gasteiger partial charge in [0.1, 0.15) is 5.52 Å². The van der Waals surface area contributed by atoms with Crippen LogP contribution in [0.1, 0.15) is 5.82 Å². The van der Waals surface area contributed by atoms with Crippen LogP contribution in [0.4, 0.5) is 0 Å². The molecule has 0 aliphatic heterocycles. The fourth-order valence-electron chi connectivity index (χ4n) is 2.37. The second kappa shape index (κ2) is 6.54. The van der Waals surface area contributed by atoms with E-state index in [9.17, 15) is 8.42 Å². The van der Waals surface area contributed by atoms with Crippen LogP contribution in [-0.4, -0.2) is 39.9 Å². The zero-order chi connectivity index (χ0) is 18.1. The molecular formula is C16H13N5O3S2. The number of hydrogen-bond acceptors (Lipinski definition) is 8. The van der Waals surface area contributed by atoms with Gasteiger partial charge in [0.15, 0.2) is 21.2 Å². The lowest BCUT2D eigenvalue weighted by molar-refractivity contribution is 0.489. The molecule has 0 saturated heterocycles. The Bertz CT molecular complexity index is 1130. The van der Waals surface area contributed by atoms with Gasteiger partial charge in [0.2, 0.25) is 0 Å². The molecule has 4 rings (SSSR count). The van der Waals surface area contributed by atoms with Crippen molar-refractivity contribution in [2.24, 2.45) is 0 Å². The maximum absolute atomic E-state index is 11.6. The topological polar surface area (TPSA) is 104 Å². The maximum atomic E-state index is 11.6. The quantitative estimate of drug-likeness (QED) is 0.481. The Hall–Kier alpha value is -2.72. The molecule has 132 valence electrons. The molecule has 0 saturated carbocycles. The first kappa shape index (κ1) is 16.7. The Morgan fingerprint density at radius 1 is 1.12 bits per heavy atom. The van der Waals surface area contributed by atoms with Crippen molar-refractivity contribution < 1.29 is 12.8 Å². The van der Waals surface area contributed by atoms with Gasteiger partial charge in [0.25, 0.3) is 5.22 Å². The summed E-state index contributed by atoms with van der Waals surface area (Å²) < 4.78 is 30.4. The molecule has 0 spiro atoms. The zero-order valence-corrected chi connectivity index (χ0v) is 15.2. The highest BCUT2D eigenvalue weighted by atomic mass is 32.2. The third-order valence-corrected chi connectivity index (χ3v) is 5.60. The van der Waals surface area contributed by atoms with Gasteiger partial charge in [0, 0.05) is 6.26 Å². The van der Waals surface area contributed by atoms with Crippen LogP contribution in [0.2, 0.25) is 0 Å². The number of hydrogen-bond donors (Lipinski definition) is 0. The van der Waals surface area contributed by atoms with Crippen LogP contribution in [0.3, 0.4) is 0 Å². The molecule has 10 heteroatoms. The predicted molar refractivity (Wildman–Crippen MR) is 95.8 cm³/mol. The van der Waals surface area contributed by atoms with Crippen molar-refractivity contribution in [3.63, 3.8) is 0 Å². The summed E-state index contributed by atoms with van der Waals surface area (Å²) in [6.07, 6.45) is 1.17. The molecule has 0 amide bonds. The molecule has 2 heterocycles. The van der Waals surface area contributed by atoms with Gasteiger partial charge in [0.05, 0.1) is 16.3 Å². The summed E-state index contributed by atoms with van der Waals surface area (Å²) in [4.78, 5) is 4.65. The Morgan fingerprint density at radius 2 is 1.88 bits per heavy atom. The molecule has 0 aliphatic rings. The summed E-state index contributed by atoms with van der Waals surface area (Å²) in [5, 5.41) is 12.2. The fraction of sp³-hybridized carbons (Fsp3) is 0.125. The standard InChI is InChI=1S/C16H13N5O3S2/c1-26(22,23)12-8-6-11(7-9-12)21-15(18-19-20-21)10-25-16-17-13-4-2-3-5-14(13)24-16/h2-9H,10H2,1H3. The summed E-state index contributed by atoms with van der Waals surface area (Å²) in [6, 6.07) is 13.9. The van der Waals surface area contributed by atoms with E-state index in [-0.39, 0.29) is 4.90 Å². The number of thioether (sulfide) groups is 1. The number of para-hydroxylation sites is 2. The van der Waals surface area contributed by atoms with Gasteiger partial charge in [-0.3, -0.25) is 0 Å². The van der Waals surface area contributed by atoms with Crippen molar-refractivity contribution in [1.82, 2.24) is 25.2 Å². The predicted octanol–water partition coefficient (Wildman–Crippen LogP) is 2.50. The fourth-order valence-corrected chi connectivity index (χ4v) is 3.74. The third kappa shape index (κ3) is 3.33. The van der Waals surface area contributed by atoms with E-state index >= 15 is 0 Å². The smallest absolute Gasteiger partial charge is 0.257 e. The highest BCUT2D eigenvalue weighted by Gasteiger charge is 2.13. The number of benzene rings is 2. The van der Waals surface area contributed by atoms with E-state index in [0.29, 0.717) is 22.5 Å². The summed E-state index contributed by atoms with van der Waals surface area (Å²) in [5.41, 5.74) is 2.20. The van der Waals surface area contributed by atoms with Crippen LogP contribution in [0, 0.1) is 0 Å². The SMILES string of the molecule is CS(=O)(=O)c1ccc(-n2nnnc2CSc2nc3ccccc3o2)cc1. The molecule has 0 fully saturated rings. The van der Waals surface area contributed by atoms with E-state index in [1.807, 2.05) is 24.3 Å². The van der Waals surface area contributed by atoms with E-state index < -0.39 is 9.84 Å². The molecule has 0 bridgehead atoms. The van der Waals surface area contributed by atoms with E-state index in [2.05, 4.69) is 20.5 Å². The maximum Gasteiger partial charge on any atom is 0.257 e. The highest BCUT2D eigenvalue weighted by Crippen LogP contribution is 2.26. The van der Waals surface area contributed by atoms with Gasteiger partial charge in [-0.1, -0.05) is 23.9 Å². The van der Waals surface area contributed by atoms with Crippen molar-refractivity contribution >= 4 is 32.7 Å². The normalized spacial score (nSPS) is 11.9. The lowest BCUT2D eigenvalue weighted by atomic mass is 10.3. The molecule has 0 N–H and O–H groups in total. The largest absolute Gasteiger partial charge is 0.431 e. The van der Waals surface area contributed by atoms with Crippen LogP contribution in [0.15, 0.2) is 63.1 Å². The average Bonchev–Trinajstić information content (AvgIpc) is 3.25. The number of sulfone groups is 1. The highest BCUT2D eigenvalue weighted by molar-refractivity contribution is 7.98. The Labute approximate surface area is 153 Å². The molecule has 26 heavy (non-hydrogen) atoms. The number of tetrazole rings is 1. The Balaban J connectivity index is 1.55. The minimum atomic E-state index is -3.24. The van der Waals surface area contributed by atoms with Crippen LogP contribution < -0.4 is 0 Å². The molecule has 2 aromatic carbocycles. The lowest BCUT2D eigenvalue weighted by Gasteiger charge is -2.04. The van der Waals surface area contributed by atoms with Crippen LogP contribution >= 0.6 is 11.8 Å². The minimum Gasteiger partial charge on any atom is -0.431 e.